The van der Waals surface area contributed by atoms with Crippen LogP contribution in [0, 0.1) is 6.92 Å². The van der Waals surface area contributed by atoms with Gasteiger partial charge in [-0.05, 0) is 19.1 Å². The van der Waals surface area contributed by atoms with Crippen molar-refractivity contribution in [1.29, 1.82) is 0 Å². The Morgan fingerprint density at radius 2 is 2.00 bits per heavy atom. The second-order valence-corrected chi connectivity index (χ2v) is 4.49. The molecule has 0 saturated carbocycles. The van der Waals surface area contributed by atoms with Crippen molar-refractivity contribution >= 4 is 11.9 Å². The SMILES string of the molecule is Cc1ccc(C(=O)OCC(=O)N2CCOCC2)n1C. The van der Waals surface area contributed by atoms with E-state index in [9.17, 15) is 9.59 Å². The van der Waals surface area contributed by atoms with Crippen LogP contribution in [0.15, 0.2) is 12.1 Å². The van der Waals surface area contributed by atoms with Gasteiger partial charge in [0.15, 0.2) is 6.61 Å². The topological polar surface area (TPSA) is 60.8 Å². The van der Waals surface area contributed by atoms with Gasteiger partial charge in [0.2, 0.25) is 0 Å². The molecule has 0 radical (unpaired) electrons. The molecule has 1 aliphatic heterocycles. The highest BCUT2D eigenvalue weighted by molar-refractivity contribution is 5.90. The Balaban J connectivity index is 1.86. The maximum absolute atomic E-state index is 11.8. The molecule has 1 fully saturated rings. The lowest BCUT2D eigenvalue weighted by molar-refractivity contribution is -0.138. The summed E-state index contributed by atoms with van der Waals surface area (Å²) in [4.78, 5) is 25.3. The van der Waals surface area contributed by atoms with Crippen LogP contribution in [0.1, 0.15) is 16.2 Å². The highest BCUT2D eigenvalue weighted by Gasteiger charge is 2.19. The van der Waals surface area contributed by atoms with Crippen molar-refractivity contribution < 1.29 is 19.1 Å². The highest BCUT2D eigenvalue weighted by Crippen LogP contribution is 2.07. The van der Waals surface area contributed by atoms with Crippen LogP contribution < -0.4 is 0 Å². The number of nitrogens with zero attached hydrogens (tertiary/aromatic N) is 2. The maximum Gasteiger partial charge on any atom is 0.355 e. The summed E-state index contributed by atoms with van der Waals surface area (Å²) in [5.74, 6) is -0.653. The van der Waals surface area contributed by atoms with Gasteiger partial charge in [0, 0.05) is 25.8 Å². The molecule has 0 aromatic carbocycles. The number of amides is 1. The first kappa shape index (κ1) is 13.6. The fourth-order valence-electron chi connectivity index (χ4n) is 1.92. The number of hydrogen-bond acceptors (Lipinski definition) is 4. The summed E-state index contributed by atoms with van der Waals surface area (Å²) in [6.45, 7) is 3.87. The number of aryl methyl sites for hydroxylation is 1. The Morgan fingerprint density at radius 1 is 1.32 bits per heavy atom. The molecule has 1 amide bonds. The molecular weight excluding hydrogens is 248 g/mol. The lowest BCUT2D eigenvalue weighted by Crippen LogP contribution is -2.42. The fourth-order valence-corrected chi connectivity index (χ4v) is 1.92. The number of morpholine rings is 1. The summed E-state index contributed by atoms with van der Waals surface area (Å²) >= 11 is 0. The van der Waals surface area contributed by atoms with Gasteiger partial charge in [0.25, 0.3) is 5.91 Å². The maximum atomic E-state index is 11.8. The largest absolute Gasteiger partial charge is 0.451 e. The molecule has 0 N–H and O–H groups in total. The van der Waals surface area contributed by atoms with Crippen LogP contribution in [0.5, 0.6) is 0 Å². The van der Waals surface area contributed by atoms with E-state index >= 15 is 0 Å². The van der Waals surface area contributed by atoms with E-state index in [1.807, 2.05) is 13.0 Å². The van der Waals surface area contributed by atoms with Crippen molar-refractivity contribution in [3.05, 3.63) is 23.5 Å². The minimum Gasteiger partial charge on any atom is -0.451 e. The van der Waals surface area contributed by atoms with Crippen LogP contribution >= 0.6 is 0 Å². The molecule has 0 spiro atoms. The number of esters is 1. The molecule has 6 heteroatoms. The Bertz CT molecular complexity index is 475. The van der Waals surface area contributed by atoms with E-state index in [1.165, 1.54) is 0 Å². The van der Waals surface area contributed by atoms with Gasteiger partial charge in [0.1, 0.15) is 5.69 Å². The normalized spacial score (nSPS) is 15.4. The van der Waals surface area contributed by atoms with Gasteiger partial charge in [0.05, 0.1) is 13.2 Å². The van der Waals surface area contributed by atoms with Crippen molar-refractivity contribution in [3.8, 4) is 0 Å². The third-order valence-corrected chi connectivity index (χ3v) is 3.27. The lowest BCUT2D eigenvalue weighted by atomic mass is 10.4. The third kappa shape index (κ3) is 3.14. The second-order valence-electron chi connectivity index (χ2n) is 4.49. The third-order valence-electron chi connectivity index (χ3n) is 3.27. The standard InChI is InChI=1S/C13H18N2O4/c1-10-3-4-11(14(10)2)13(17)19-9-12(16)15-5-7-18-8-6-15/h3-4H,5-9H2,1-2H3. The van der Waals surface area contributed by atoms with Gasteiger partial charge in [-0.1, -0.05) is 0 Å². The summed E-state index contributed by atoms with van der Waals surface area (Å²) < 4.78 is 11.9. The first-order chi connectivity index (χ1) is 9.09. The molecule has 6 nitrogen and oxygen atoms in total. The first-order valence-electron chi connectivity index (χ1n) is 6.24. The van der Waals surface area contributed by atoms with Crippen LogP contribution in [0.4, 0.5) is 0 Å². The molecule has 2 rings (SSSR count). The van der Waals surface area contributed by atoms with E-state index in [0.717, 1.165) is 5.69 Å². The molecule has 0 atom stereocenters. The van der Waals surface area contributed by atoms with Gasteiger partial charge in [-0.25, -0.2) is 4.79 Å². The summed E-state index contributed by atoms with van der Waals surface area (Å²) in [7, 11) is 1.79. The Hall–Kier alpha value is -1.82. The molecular formula is C13H18N2O4. The van der Waals surface area contributed by atoms with E-state index in [-0.39, 0.29) is 12.5 Å². The highest BCUT2D eigenvalue weighted by atomic mass is 16.5. The van der Waals surface area contributed by atoms with E-state index in [0.29, 0.717) is 32.0 Å². The van der Waals surface area contributed by atoms with Gasteiger partial charge >= 0.3 is 5.97 Å². The monoisotopic (exact) mass is 266 g/mol. The van der Waals surface area contributed by atoms with E-state index < -0.39 is 5.97 Å². The zero-order valence-electron chi connectivity index (χ0n) is 11.2. The van der Waals surface area contributed by atoms with Crippen molar-refractivity contribution in [2.75, 3.05) is 32.9 Å². The average molecular weight is 266 g/mol. The van der Waals surface area contributed by atoms with Gasteiger partial charge in [-0.3, -0.25) is 4.79 Å². The minimum absolute atomic E-state index is 0.178. The van der Waals surface area contributed by atoms with Crippen LogP contribution in [-0.2, 0) is 21.3 Å². The van der Waals surface area contributed by atoms with Crippen molar-refractivity contribution in [3.63, 3.8) is 0 Å². The number of rotatable bonds is 3. The molecule has 0 unspecified atom stereocenters. The zero-order valence-corrected chi connectivity index (χ0v) is 11.2. The van der Waals surface area contributed by atoms with Gasteiger partial charge < -0.3 is 18.9 Å². The van der Waals surface area contributed by atoms with Crippen LogP contribution in [0.25, 0.3) is 0 Å². The Kier molecular flexibility index (Phi) is 4.21. The van der Waals surface area contributed by atoms with Gasteiger partial charge in [-0.2, -0.15) is 0 Å². The molecule has 0 aliphatic carbocycles. The number of carbonyl (C=O) groups excluding carboxylic acids is 2. The number of carbonyl (C=O) groups is 2. The number of aromatic nitrogens is 1. The number of ether oxygens (including phenoxy) is 2. The second kappa shape index (κ2) is 5.88. The molecule has 1 aromatic heterocycles. The number of hydrogen-bond donors (Lipinski definition) is 0. The smallest absolute Gasteiger partial charge is 0.355 e. The molecule has 1 saturated heterocycles. The van der Waals surface area contributed by atoms with Crippen LogP contribution in [0.3, 0.4) is 0 Å². The summed E-state index contributed by atoms with van der Waals surface area (Å²) in [5, 5.41) is 0. The van der Waals surface area contributed by atoms with Crippen molar-refractivity contribution in [1.82, 2.24) is 9.47 Å². The van der Waals surface area contributed by atoms with E-state index in [1.54, 1.807) is 22.6 Å². The predicted octanol–water partition coefficient (Wildman–Crippen LogP) is 0.349. The fraction of sp³-hybridized carbons (Fsp3) is 0.538. The first-order valence-corrected chi connectivity index (χ1v) is 6.24. The minimum atomic E-state index is -0.475. The predicted molar refractivity (Wildman–Crippen MR) is 67.8 cm³/mol. The van der Waals surface area contributed by atoms with Crippen LogP contribution in [0.2, 0.25) is 0 Å². The Morgan fingerprint density at radius 3 is 2.58 bits per heavy atom. The van der Waals surface area contributed by atoms with Crippen molar-refractivity contribution in [2.24, 2.45) is 7.05 Å². The molecule has 1 aliphatic rings. The quantitative estimate of drug-likeness (QED) is 0.741. The molecule has 0 bridgehead atoms. The van der Waals surface area contributed by atoms with Crippen molar-refractivity contribution in [2.45, 2.75) is 6.92 Å². The van der Waals surface area contributed by atoms with E-state index in [2.05, 4.69) is 0 Å². The molecule has 1 aromatic rings. The van der Waals surface area contributed by atoms with E-state index in [4.69, 9.17) is 9.47 Å². The summed E-state index contributed by atoms with van der Waals surface area (Å²) in [6, 6.07) is 3.53. The van der Waals surface area contributed by atoms with Gasteiger partial charge in [-0.15, -0.1) is 0 Å². The molecule has 2 heterocycles. The average Bonchev–Trinajstić information content (AvgIpc) is 2.77. The van der Waals surface area contributed by atoms with Crippen LogP contribution in [-0.4, -0.2) is 54.3 Å². The molecule has 104 valence electrons. The summed E-state index contributed by atoms with van der Waals surface area (Å²) in [6.07, 6.45) is 0. The molecule has 19 heavy (non-hydrogen) atoms. The summed E-state index contributed by atoms with van der Waals surface area (Å²) in [5.41, 5.74) is 1.42. The lowest BCUT2D eigenvalue weighted by Gasteiger charge is -2.26. The Labute approximate surface area is 111 Å². The zero-order chi connectivity index (χ0) is 13.8.